The van der Waals surface area contributed by atoms with Gasteiger partial charge in [-0.1, -0.05) is 0 Å². The molecule has 3 aromatic rings. The largest absolute Gasteiger partial charge is 0.340 e. The monoisotopic (exact) mass is 384 g/mol. The fourth-order valence-electron chi connectivity index (χ4n) is 3.78. The van der Waals surface area contributed by atoms with Crippen LogP contribution in [0.2, 0.25) is 0 Å². The Labute approximate surface area is 162 Å². The molecule has 0 unspecified atom stereocenters. The van der Waals surface area contributed by atoms with E-state index in [0.717, 1.165) is 48.8 Å². The van der Waals surface area contributed by atoms with Crippen LogP contribution in [0.1, 0.15) is 41.7 Å². The Kier molecular flexibility index (Phi) is 5.07. The third kappa shape index (κ3) is 3.95. The third-order valence-electron chi connectivity index (χ3n) is 5.09. The van der Waals surface area contributed by atoms with E-state index in [0.29, 0.717) is 13.1 Å². The lowest BCUT2D eigenvalue weighted by Gasteiger charge is -2.32. The van der Waals surface area contributed by atoms with Crippen molar-refractivity contribution in [2.24, 2.45) is 0 Å². The van der Waals surface area contributed by atoms with Crippen LogP contribution in [0.5, 0.6) is 0 Å². The standard InChI is InChI=1S/C19H24N6OS/c1-14-8-15(2)25(22-14)11-18(26)23-6-3-4-16(9-23)19-20-5-7-24(19)10-17-12-27-13-21-17/h5,7-8,12-13,16H,3-4,6,9-11H2,1-2H3/t16-/m1/s1. The van der Waals surface area contributed by atoms with Crippen molar-refractivity contribution < 1.29 is 4.79 Å². The van der Waals surface area contributed by atoms with Gasteiger partial charge in [0, 0.05) is 42.5 Å². The average molecular weight is 385 g/mol. The second-order valence-corrected chi connectivity index (χ2v) is 7.88. The Hall–Kier alpha value is -2.48. The van der Waals surface area contributed by atoms with Gasteiger partial charge in [-0.2, -0.15) is 5.10 Å². The van der Waals surface area contributed by atoms with Crippen LogP contribution in [-0.2, 0) is 17.9 Å². The SMILES string of the molecule is Cc1cc(C)n(CC(=O)N2CCC[C@@H](c3nccn3Cc3cscn3)C2)n1. The highest BCUT2D eigenvalue weighted by molar-refractivity contribution is 7.07. The van der Waals surface area contributed by atoms with Crippen molar-refractivity contribution in [1.82, 2.24) is 29.2 Å². The molecule has 7 nitrogen and oxygen atoms in total. The normalized spacial score (nSPS) is 17.4. The lowest BCUT2D eigenvalue weighted by Crippen LogP contribution is -2.41. The second kappa shape index (κ2) is 7.64. The molecule has 0 bridgehead atoms. The summed E-state index contributed by atoms with van der Waals surface area (Å²) in [4.78, 5) is 23.8. The van der Waals surface area contributed by atoms with Crippen LogP contribution in [0.25, 0.3) is 0 Å². The Morgan fingerprint density at radius 2 is 2.22 bits per heavy atom. The highest BCUT2D eigenvalue weighted by Gasteiger charge is 2.28. The zero-order valence-corrected chi connectivity index (χ0v) is 16.5. The first kappa shape index (κ1) is 17.9. The summed E-state index contributed by atoms with van der Waals surface area (Å²) in [5.74, 6) is 1.44. The van der Waals surface area contributed by atoms with E-state index in [1.807, 2.05) is 42.7 Å². The van der Waals surface area contributed by atoms with Crippen molar-refractivity contribution in [1.29, 1.82) is 0 Å². The minimum absolute atomic E-state index is 0.128. The van der Waals surface area contributed by atoms with Crippen molar-refractivity contribution in [3.63, 3.8) is 0 Å². The first-order chi connectivity index (χ1) is 13.1. The summed E-state index contributed by atoms with van der Waals surface area (Å²) < 4.78 is 3.96. The molecule has 1 atom stereocenters. The van der Waals surface area contributed by atoms with Crippen molar-refractivity contribution in [3.8, 4) is 0 Å². The molecule has 0 saturated carbocycles. The summed E-state index contributed by atoms with van der Waals surface area (Å²) in [5.41, 5.74) is 4.87. The zero-order valence-electron chi connectivity index (χ0n) is 15.7. The molecule has 27 heavy (non-hydrogen) atoms. The molecule has 8 heteroatoms. The van der Waals surface area contributed by atoms with Crippen molar-refractivity contribution in [2.45, 2.75) is 45.7 Å². The maximum absolute atomic E-state index is 12.8. The summed E-state index contributed by atoms with van der Waals surface area (Å²) in [6, 6.07) is 2.00. The summed E-state index contributed by atoms with van der Waals surface area (Å²) in [6.07, 6.45) is 5.90. The molecular formula is C19H24N6OS. The quantitative estimate of drug-likeness (QED) is 0.678. The molecule has 1 amide bonds. The van der Waals surface area contributed by atoms with Crippen LogP contribution in [0.4, 0.5) is 0 Å². The number of amides is 1. The number of imidazole rings is 1. The van der Waals surface area contributed by atoms with E-state index in [9.17, 15) is 4.79 Å². The maximum atomic E-state index is 12.8. The Balaban J connectivity index is 1.45. The lowest BCUT2D eigenvalue weighted by atomic mass is 9.97. The number of hydrogen-bond donors (Lipinski definition) is 0. The van der Waals surface area contributed by atoms with E-state index in [1.54, 1.807) is 16.0 Å². The summed E-state index contributed by atoms with van der Waals surface area (Å²) in [7, 11) is 0. The van der Waals surface area contributed by atoms with Crippen LogP contribution in [0, 0.1) is 13.8 Å². The smallest absolute Gasteiger partial charge is 0.244 e. The third-order valence-corrected chi connectivity index (χ3v) is 5.73. The van der Waals surface area contributed by atoms with E-state index in [2.05, 4.69) is 25.0 Å². The fourth-order valence-corrected chi connectivity index (χ4v) is 4.33. The molecule has 0 aliphatic carbocycles. The molecule has 3 aromatic heterocycles. The van der Waals surface area contributed by atoms with Crippen LogP contribution >= 0.6 is 11.3 Å². The van der Waals surface area contributed by atoms with Crippen LogP contribution < -0.4 is 0 Å². The van der Waals surface area contributed by atoms with Crippen molar-refractivity contribution in [2.75, 3.05) is 13.1 Å². The fraction of sp³-hybridized carbons (Fsp3) is 0.474. The second-order valence-electron chi connectivity index (χ2n) is 7.16. The predicted octanol–water partition coefficient (Wildman–Crippen LogP) is 2.61. The maximum Gasteiger partial charge on any atom is 0.244 e. The van der Waals surface area contributed by atoms with Gasteiger partial charge in [-0.15, -0.1) is 11.3 Å². The summed E-state index contributed by atoms with van der Waals surface area (Å²) in [5, 5.41) is 6.48. The van der Waals surface area contributed by atoms with Gasteiger partial charge in [0.25, 0.3) is 0 Å². The number of carbonyl (C=O) groups is 1. The Morgan fingerprint density at radius 1 is 1.33 bits per heavy atom. The number of thiazole rings is 1. The molecular weight excluding hydrogens is 360 g/mol. The highest BCUT2D eigenvalue weighted by atomic mass is 32.1. The van der Waals surface area contributed by atoms with E-state index < -0.39 is 0 Å². The topological polar surface area (TPSA) is 68.8 Å². The lowest BCUT2D eigenvalue weighted by molar-refractivity contribution is -0.133. The van der Waals surface area contributed by atoms with Gasteiger partial charge in [0.05, 0.1) is 23.4 Å². The van der Waals surface area contributed by atoms with Crippen LogP contribution in [0.3, 0.4) is 0 Å². The average Bonchev–Trinajstić information content (AvgIpc) is 3.39. The number of nitrogens with zero attached hydrogens (tertiary/aromatic N) is 6. The molecule has 0 aromatic carbocycles. The number of likely N-dealkylation sites (tertiary alicyclic amines) is 1. The summed E-state index contributed by atoms with van der Waals surface area (Å²) >= 11 is 1.60. The van der Waals surface area contributed by atoms with E-state index in [-0.39, 0.29) is 11.8 Å². The molecule has 0 radical (unpaired) electrons. The molecule has 0 spiro atoms. The molecule has 0 N–H and O–H groups in total. The minimum Gasteiger partial charge on any atom is -0.340 e. The minimum atomic E-state index is 0.128. The molecule has 1 saturated heterocycles. The van der Waals surface area contributed by atoms with Gasteiger partial charge < -0.3 is 9.47 Å². The zero-order chi connectivity index (χ0) is 18.8. The number of rotatable bonds is 5. The van der Waals surface area contributed by atoms with E-state index in [4.69, 9.17) is 0 Å². The summed E-state index contributed by atoms with van der Waals surface area (Å²) in [6.45, 7) is 6.50. The van der Waals surface area contributed by atoms with Gasteiger partial charge in [-0.3, -0.25) is 9.48 Å². The van der Waals surface area contributed by atoms with Crippen LogP contribution in [-0.4, -0.2) is 48.2 Å². The number of aryl methyl sites for hydroxylation is 2. The Morgan fingerprint density at radius 3 is 2.96 bits per heavy atom. The van der Waals surface area contributed by atoms with Gasteiger partial charge in [0.15, 0.2) is 0 Å². The molecule has 142 valence electrons. The number of aromatic nitrogens is 5. The molecule has 1 aliphatic rings. The van der Waals surface area contributed by atoms with Gasteiger partial charge in [-0.05, 0) is 32.8 Å². The first-order valence-corrected chi connectivity index (χ1v) is 10.2. The Bertz CT molecular complexity index is 913. The van der Waals surface area contributed by atoms with E-state index in [1.165, 1.54) is 0 Å². The first-order valence-electron chi connectivity index (χ1n) is 9.27. The van der Waals surface area contributed by atoms with Gasteiger partial charge >= 0.3 is 0 Å². The van der Waals surface area contributed by atoms with Crippen molar-refractivity contribution in [3.05, 3.63) is 52.3 Å². The molecule has 4 rings (SSSR count). The molecule has 4 heterocycles. The highest BCUT2D eigenvalue weighted by Crippen LogP contribution is 2.26. The molecule has 1 fully saturated rings. The van der Waals surface area contributed by atoms with Gasteiger partial charge in [-0.25, -0.2) is 9.97 Å². The van der Waals surface area contributed by atoms with E-state index >= 15 is 0 Å². The number of piperidine rings is 1. The molecule has 1 aliphatic heterocycles. The predicted molar refractivity (Wildman–Crippen MR) is 104 cm³/mol. The number of hydrogen-bond acceptors (Lipinski definition) is 5. The van der Waals surface area contributed by atoms with Gasteiger partial charge in [0.2, 0.25) is 5.91 Å². The van der Waals surface area contributed by atoms with Crippen LogP contribution in [0.15, 0.2) is 29.4 Å². The van der Waals surface area contributed by atoms with Crippen molar-refractivity contribution >= 4 is 17.2 Å². The van der Waals surface area contributed by atoms with Gasteiger partial charge in [0.1, 0.15) is 12.4 Å². The number of carbonyl (C=O) groups excluding carboxylic acids is 1.